The highest BCUT2D eigenvalue weighted by Crippen LogP contribution is 2.42. The van der Waals surface area contributed by atoms with E-state index in [2.05, 4.69) is 5.32 Å². The van der Waals surface area contributed by atoms with Crippen LogP contribution in [-0.2, 0) is 0 Å². The van der Waals surface area contributed by atoms with E-state index < -0.39 is 5.91 Å². The second-order valence-electron chi connectivity index (χ2n) is 7.87. The minimum absolute atomic E-state index is 0.226. The van der Waals surface area contributed by atoms with Crippen LogP contribution < -0.4 is 15.8 Å². The lowest BCUT2D eigenvalue weighted by Crippen LogP contribution is -2.12. The number of halogens is 3. The summed E-state index contributed by atoms with van der Waals surface area (Å²) in [5.74, 6) is 0.297. The summed E-state index contributed by atoms with van der Waals surface area (Å²) in [7, 11) is 1.62. The summed E-state index contributed by atoms with van der Waals surface area (Å²) in [5, 5.41) is 4.29. The molecule has 0 aliphatic carbocycles. The summed E-state index contributed by atoms with van der Waals surface area (Å²) < 4.78 is 5.31. The number of anilines is 2. The first-order valence-corrected chi connectivity index (χ1v) is 12.7. The molecule has 0 aliphatic rings. The van der Waals surface area contributed by atoms with E-state index in [1.54, 1.807) is 7.11 Å². The number of nitrogens with zero attached hydrogens (tertiary/aromatic N) is 1. The molecular formula is C27H18Cl3N3O2S. The van der Waals surface area contributed by atoms with Gasteiger partial charge in [-0.1, -0.05) is 77.3 Å². The fourth-order valence-corrected chi connectivity index (χ4v) is 5.80. The van der Waals surface area contributed by atoms with Gasteiger partial charge in [0.15, 0.2) is 0 Å². The molecule has 9 heteroatoms. The number of hydrogen-bond donors (Lipinski definition) is 2. The molecule has 180 valence electrons. The van der Waals surface area contributed by atoms with Crippen molar-refractivity contribution in [3.05, 3.63) is 92.7 Å². The van der Waals surface area contributed by atoms with Crippen LogP contribution in [0.15, 0.2) is 72.8 Å². The number of nitrogen functional groups attached to an aromatic ring is 1. The second-order valence-corrected chi connectivity index (χ2v) is 10.1. The van der Waals surface area contributed by atoms with E-state index in [-0.39, 0.29) is 15.7 Å². The number of carbonyl (C=O) groups excluding carboxylic acids is 1. The fourth-order valence-electron chi connectivity index (χ4n) is 3.88. The Morgan fingerprint density at radius 3 is 2.25 bits per heavy atom. The number of amides is 1. The molecule has 5 aromatic rings. The van der Waals surface area contributed by atoms with Gasteiger partial charge in [-0.2, -0.15) is 0 Å². The zero-order valence-electron chi connectivity index (χ0n) is 18.8. The van der Waals surface area contributed by atoms with E-state index in [9.17, 15) is 4.79 Å². The first-order valence-electron chi connectivity index (χ1n) is 10.7. The van der Waals surface area contributed by atoms with E-state index >= 15 is 0 Å². The Balaban J connectivity index is 1.66. The monoisotopic (exact) mass is 553 g/mol. The molecule has 0 saturated carbocycles. The van der Waals surface area contributed by atoms with E-state index in [0.29, 0.717) is 25.8 Å². The van der Waals surface area contributed by atoms with Crippen LogP contribution in [0, 0.1) is 0 Å². The molecule has 0 radical (unpaired) electrons. The Kier molecular flexibility index (Phi) is 6.77. The zero-order chi connectivity index (χ0) is 25.4. The smallest absolute Gasteiger partial charge is 0.268 e. The third-order valence-corrected chi connectivity index (χ3v) is 7.53. The van der Waals surface area contributed by atoms with E-state index in [1.165, 1.54) is 23.5 Å². The number of carbonyl (C=O) groups is 1. The van der Waals surface area contributed by atoms with E-state index in [1.807, 2.05) is 60.7 Å². The van der Waals surface area contributed by atoms with Gasteiger partial charge in [0.2, 0.25) is 0 Å². The van der Waals surface area contributed by atoms with Gasteiger partial charge in [0.25, 0.3) is 5.91 Å². The lowest BCUT2D eigenvalue weighted by Gasteiger charge is -2.10. The summed E-state index contributed by atoms with van der Waals surface area (Å²) in [6.45, 7) is 0. The maximum atomic E-state index is 13.3. The summed E-state index contributed by atoms with van der Waals surface area (Å²) in [6, 6.07) is 22.5. The quantitative estimate of drug-likeness (QED) is 0.228. The molecule has 0 spiro atoms. The Hall–Kier alpha value is -3.29. The van der Waals surface area contributed by atoms with Crippen LogP contribution in [0.5, 0.6) is 5.75 Å². The van der Waals surface area contributed by atoms with Crippen LogP contribution in [0.2, 0.25) is 15.1 Å². The molecule has 2 aromatic heterocycles. The number of nitrogens with one attached hydrogen (secondary N) is 1. The number of methoxy groups -OCH3 is 1. The standard InChI is InChI=1S/C27H18Cl3N3O2S/c1-35-17-9-7-14(8-10-17)18-13-21(15-5-3-2-4-6-15)32-27-22(18)23(31)25(36-27)26(34)33-24-19(29)11-16(28)12-20(24)30/h2-13H,31H2,1H3,(H,33,34). The van der Waals surface area contributed by atoms with Gasteiger partial charge < -0.3 is 15.8 Å². The molecule has 5 nitrogen and oxygen atoms in total. The molecule has 2 heterocycles. The number of nitrogens with two attached hydrogens (primary N) is 1. The number of rotatable bonds is 5. The van der Waals surface area contributed by atoms with E-state index in [0.717, 1.165) is 28.1 Å². The number of benzene rings is 3. The number of fused-ring (bicyclic) bond motifs is 1. The Morgan fingerprint density at radius 1 is 0.944 bits per heavy atom. The van der Waals surface area contributed by atoms with Crippen molar-refractivity contribution >= 4 is 73.6 Å². The van der Waals surface area contributed by atoms with Gasteiger partial charge >= 0.3 is 0 Å². The van der Waals surface area contributed by atoms with Crippen molar-refractivity contribution in [2.45, 2.75) is 0 Å². The maximum absolute atomic E-state index is 13.3. The maximum Gasteiger partial charge on any atom is 0.268 e. The average Bonchev–Trinajstić information content (AvgIpc) is 3.22. The normalized spacial score (nSPS) is 11.0. The SMILES string of the molecule is COc1ccc(-c2cc(-c3ccccc3)nc3sc(C(=O)Nc4c(Cl)cc(Cl)cc4Cl)c(N)c23)cc1. The summed E-state index contributed by atoms with van der Waals surface area (Å²) in [4.78, 5) is 19.1. The molecule has 36 heavy (non-hydrogen) atoms. The molecule has 0 aliphatic heterocycles. The van der Waals surface area contributed by atoms with Crippen molar-refractivity contribution in [1.29, 1.82) is 0 Å². The van der Waals surface area contributed by atoms with Crippen LogP contribution in [0.25, 0.3) is 32.6 Å². The van der Waals surface area contributed by atoms with Gasteiger partial charge in [0.1, 0.15) is 15.5 Å². The van der Waals surface area contributed by atoms with Crippen molar-refractivity contribution in [2.24, 2.45) is 0 Å². The van der Waals surface area contributed by atoms with Crippen LogP contribution in [0.1, 0.15) is 9.67 Å². The highest BCUT2D eigenvalue weighted by atomic mass is 35.5. The number of pyridine rings is 1. The molecule has 3 N–H and O–H groups in total. The topological polar surface area (TPSA) is 77.2 Å². The summed E-state index contributed by atoms with van der Waals surface area (Å²) in [6.07, 6.45) is 0. The summed E-state index contributed by atoms with van der Waals surface area (Å²) in [5.41, 5.74) is 10.7. The molecule has 0 unspecified atom stereocenters. The molecule has 0 fully saturated rings. The largest absolute Gasteiger partial charge is 0.497 e. The predicted molar refractivity (Wildman–Crippen MR) is 151 cm³/mol. The fraction of sp³-hybridized carbons (Fsp3) is 0.0370. The van der Waals surface area contributed by atoms with Crippen molar-refractivity contribution in [2.75, 3.05) is 18.2 Å². The van der Waals surface area contributed by atoms with E-state index in [4.69, 9.17) is 50.3 Å². The average molecular weight is 555 g/mol. The number of aromatic nitrogens is 1. The van der Waals surface area contributed by atoms with Gasteiger partial charge in [-0.25, -0.2) is 4.98 Å². The van der Waals surface area contributed by atoms with Crippen LogP contribution in [0.4, 0.5) is 11.4 Å². The highest BCUT2D eigenvalue weighted by Gasteiger charge is 2.23. The third kappa shape index (κ3) is 4.61. The highest BCUT2D eigenvalue weighted by molar-refractivity contribution is 7.21. The lowest BCUT2D eigenvalue weighted by atomic mass is 9.99. The van der Waals surface area contributed by atoms with Crippen molar-refractivity contribution in [3.8, 4) is 28.1 Å². The first kappa shape index (κ1) is 24.4. The van der Waals surface area contributed by atoms with Crippen molar-refractivity contribution in [3.63, 3.8) is 0 Å². The van der Waals surface area contributed by atoms with Crippen LogP contribution in [-0.4, -0.2) is 18.0 Å². The van der Waals surface area contributed by atoms with Crippen LogP contribution in [0.3, 0.4) is 0 Å². The van der Waals surface area contributed by atoms with Gasteiger partial charge in [-0.15, -0.1) is 11.3 Å². The Morgan fingerprint density at radius 2 is 1.61 bits per heavy atom. The van der Waals surface area contributed by atoms with Crippen molar-refractivity contribution in [1.82, 2.24) is 4.98 Å². The predicted octanol–water partition coefficient (Wildman–Crippen LogP) is 8.43. The first-order chi connectivity index (χ1) is 17.4. The zero-order valence-corrected chi connectivity index (χ0v) is 21.9. The molecule has 3 aromatic carbocycles. The molecule has 5 rings (SSSR count). The third-order valence-electron chi connectivity index (χ3n) is 5.62. The number of ether oxygens (including phenoxy) is 1. The van der Waals surface area contributed by atoms with Crippen LogP contribution >= 0.6 is 46.1 Å². The second kappa shape index (κ2) is 9.99. The minimum atomic E-state index is -0.441. The summed E-state index contributed by atoms with van der Waals surface area (Å²) >= 11 is 19.7. The number of thiophene rings is 1. The molecular weight excluding hydrogens is 537 g/mol. The van der Waals surface area contributed by atoms with Gasteiger partial charge in [-0.3, -0.25) is 4.79 Å². The number of hydrogen-bond acceptors (Lipinski definition) is 5. The molecule has 0 atom stereocenters. The molecule has 0 saturated heterocycles. The van der Waals surface area contributed by atoms with Gasteiger partial charge in [-0.05, 0) is 41.5 Å². The molecule has 1 amide bonds. The Labute approximate surface area is 226 Å². The van der Waals surface area contributed by atoms with Gasteiger partial charge in [0, 0.05) is 16.0 Å². The van der Waals surface area contributed by atoms with Crippen molar-refractivity contribution < 1.29 is 9.53 Å². The van der Waals surface area contributed by atoms with Gasteiger partial charge in [0.05, 0.1) is 34.2 Å². The molecule has 0 bridgehead atoms. The Bertz CT molecular complexity index is 1580. The minimum Gasteiger partial charge on any atom is -0.497 e. The lowest BCUT2D eigenvalue weighted by molar-refractivity contribution is 0.103.